The summed E-state index contributed by atoms with van der Waals surface area (Å²) >= 11 is 5.24. The summed E-state index contributed by atoms with van der Waals surface area (Å²) in [7, 11) is 1.50. The van der Waals surface area contributed by atoms with Gasteiger partial charge in [-0.1, -0.05) is 0 Å². The van der Waals surface area contributed by atoms with E-state index in [0.29, 0.717) is 9.32 Å². The SMILES string of the molecule is COc1cc(C(=O)O)c(I)cc1Br.O.[Li+].[OH-]. The van der Waals surface area contributed by atoms with Gasteiger partial charge in [-0.05, 0) is 50.7 Å². The number of methoxy groups -OCH3 is 1. The molecule has 0 aliphatic carbocycles. The summed E-state index contributed by atoms with van der Waals surface area (Å²) in [5, 5.41) is 8.80. The zero-order valence-corrected chi connectivity index (χ0v) is 12.4. The van der Waals surface area contributed by atoms with Crippen LogP contribution in [0.25, 0.3) is 0 Å². The first kappa shape index (κ1) is 21.5. The first-order chi connectivity index (χ1) is 6.06. The van der Waals surface area contributed by atoms with Crippen molar-refractivity contribution in [3.8, 4) is 5.75 Å². The molecule has 0 saturated heterocycles. The van der Waals surface area contributed by atoms with Gasteiger partial charge >= 0.3 is 24.8 Å². The van der Waals surface area contributed by atoms with Crippen LogP contribution in [0.15, 0.2) is 16.6 Å². The normalized spacial score (nSPS) is 7.94. The number of carbonyl (C=O) groups is 1. The van der Waals surface area contributed by atoms with E-state index in [-0.39, 0.29) is 35.4 Å². The third-order valence-electron chi connectivity index (χ3n) is 1.47. The average molecular weight is 399 g/mol. The summed E-state index contributed by atoms with van der Waals surface area (Å²) in [6.45, 7) is 0. The second-order valence-electron chi connectivity index (χ2n) is 2.27. The predicted octanol–water partition coefficient (Wildman–Crippen LogP) is -1.24. The van der Waals surface area contributed by atoms with Crippen LogP contribution < -0.4 is 23.6 Å². The van der Waals surface area contributed by atoms with Crippen LogP contribution in [0.2, 0.25) is 0 Å². The molecule has 0 aliphatic heterocycles. The molecule has 1 aromatic rings. The van der Waals surface area contributed by atoms with Crippen molar-refractivity contribution in [2.24, 2.45) is 0 Å². The minimum Gasteiger partial charge on any atom is -0.870 e. The Bertz CT molecular complexity index is 361. The van der Waals surface area contributed by atoms with Crippen LogP contribution in [0.3, 0.4) is 0 Å². The van der Waals surface area contributed by atoms with Gasteiger partial charge in [-0.15, -0.1) is 0 Å². The minimum atomic E-state index is -0.949. The van der Waals surface area contributed by atoms with Crippen LogP contribution in [-0.2, 0) is 0 Å². The minimum absolute atomic E-state index is 0. The third kappa shape index (κ3) is 5.03. The molecule has 0 heterocycles. The van der Waals surface area contributed by atoms with Crippen LogP contribution in [0, 0.1) is 3.57 Å². The maximum absolute atomic E-state index is 10.7. The summed E-state index contributed by atoms with van der Waals surface area (Å²) < 4.78 is 6.41. The van der Waals surface area contributed by atoms with Gasteiger partial charge in [0.25, 0.3) is 0 Å². The zero-order valence-electron chi connectivity index (χ0n) is 8.62. The van der Waals surface area contributed by atoms with E-state index < -0.39 is 5.97 Å². The number of hydrogen-bond acceptors (Lipinski definition) is 3. The number of carboxylic acid groups (broad SMARTS) is 1. The van der Waals surface area contributed by atoms with Gasteiger partial charge < -0.3 is 20.8 Å². The van der Waals surface area contributed by atoms with Gasteiger partial charge in [0, 0.05) is 3.57 Å². The van der Waals surface area contributed by atoms with E-state index >= 15 is 0 Å². The van der Waals surface area contributed by atoms with Crippen molar-refractivity contribution < 1.29 is 44.5 Å². The largest absolute Gasteiger partial charge is 1.00 e. The quantitative estimate of drug-likeness (QED) is 0.496. The number of ether oxygens (including phenoxy) is 1. The molecule has 8 heteroatoms. The molecule has 0 unspecified atom stereocenters. The molecule has 0 amide bonds. The molecule has 4 N–H and O–H groups in total. The molecular formula is C8H9BrILiO5. The third-order valence-corrected chi connectivity index (χ3v) is 2.98. The number of halogens is 2. The van der Waals surface area contributed by atoms with Crippen molar-refractivity contribution in [2.45, 2.75) is 0 Å². The Morgan fingerprint density at radius 2 is 2.00 bits per heavy atom. The van der Waals surface area contributed by atoms with Crippen molar-refractivity contribution >= 4 is 44.5 Å². The second-order valence-corrected chi connectivity index (χ2v) is 4.29. The maximum atomic E-state index is 10.7. The van der Waals surface area contributed by atoms with Crippen molar-refractivity contribution in [3.63, 3.8) is 0 Å². The number of aromatic carboxylic acids is 1. The van der Waals surface area contributed by atoms with E-state index in [1.807, 2.05) is 22.6 Å². The Hall–Kier alpha value is 0.217. The summed E-state index contributed by atoms with van der Waals surface area (Å²) in [5.41, 5.74) is 0.251. The smallest absolute Gasteiger partial charge is 0.870 e. The molecule has 0 spiro atoms. The van der Waals surface area contributed by atoms with Crippen molar-refractivity contribution in [1.29, 1.82) is 0 Å². The van der Waals surface area contributed by atoms with Gasteiger partial charge in [-0.2, -0.15) is 0 Å². The van der Waals surface area contributed by atoms with Crippen LogP contribution in [-0.4, -0.2) is 29.1 Å². The van der Waals surface area contributed by atoms with Gasteiger partial charge in [0.15, 0.2) is 0 Å². The standard InChI is InChI=1S/C8H6BrIO3.Li.2H2O/c1-13-7-2-4(8(11)12)6(10)3-5(7)9;;;/h2-3H,1H3,(H,11,12);;2*1H2/q;+1;;/p-1. The van der Waals surface area contributed by atoms with Crippen LogP contribution in [0.4, 0.5) is 0 Å². The Balaban J connectivity index is -0.000000563. The van der Waals surface area contributed by atoms with Gasteiger partial charge in [0.1, 0.15) is 5.75 Å². The maximum Gasteiger partial charge on any atom is 1.00 e. The number of hydrogen-bond donors (Lipinski definition) is 1. The fourth-order valence-corrected chi connectivity index (χ4v) is 2.48. The summed E-state index contributed by atoms with van der Waals surface area (Å²) in [4.78, 5) is 10.7. The van der Waals surface area contributed by atoms with Crippen LogP contribution >= 0.6 is 38.5 Å². The fourth-order valence-electron chi connectivity index (χ4n) is 0.849. The van der Waals surface area contributed by atoms with Gasteiger partial charge in [0.2, 0.25) is 0 Å². The van der Waals surface area contributed by atoms with E-state index in [1.54, 1.807) is 6.07 Å². The van der Waals surface area contributed by atoms with Crippen LogP contribution in [0.5, 0.6) is 5.75 Å². The van der Waals surface area contributed by atoms with E-state index in [1.165, 1.54) is 13.2 Å². The molecule has 0 bridgehead atoms. The van der Waals surface area contributed by atoms with E-state index in [4.69, 9.17) is 9.84 Å². The molecule has 0 radical (unpaired) electrons. The van der Waals surface area contributed by atoms with E-state index in [0.717, 1.165) is 4.47 Å². The molecule has 1 rings (SSSR count). The Morgan fingerprint density at radius 3 is 2.38 bits per heavy atom. The first-order valence-electron chi connectivity index (χ1n) is 3.32. The molecular weight excluding hydrogens is 390 g/mol. The summed E-state index contributed by atoms with van der Waals surface area (Å²) in [6.07, 6.45) is 0. The van der Waals surface area contributed by atoms with E-state index in [9.17, 15) is 4.79 Å². The average Bonchev–Trinajstić information content (AvgIpc) is 2.03. The predicted molar refractivity (Wildman–Crippen MR) is 65.9 cm³/mol. The first-order valence-corrected chi connectivity index (χ1v) is 5.19. The molecule has 5 nitrogen and oxygen atoms in total. The van der Waals surface area contributed by atoms with Crippen molar-refractivity contribution in [1.82, 2.24) is 0 Å². The summed E-state index contributed by atoms with van der Waals surface area (Å²) in [5.74, 6) is -0.423. The number of rotatable bonds is 2. The monoisotopic (exact) mass is 398 g/mol. The molecule has 1 aromatic carbocycles. The van der Waals surface area contributed by atoms with Gasteiger partial charge in [-0.3, -0.25) is 0 Å². The topological polar surface area (TPSA) is 108 Å². The molecule has 0 aromatic heterocycles. The fraction of sp³-hybridized carbons (Fsp3) is 0.125. The number of benzene rings is 1. The molecule has 0 saturated carbocycles. The molecule has 0 aliphatic rings. The molecule has 86 valence electrons. The zero-order chi connectivity index (χ0) is 10.0. The van der Waals surface area contributed by atoms with Crippen molar-refractivity contribution in [2.75, 3.05) is 7.11 Å². The molecule has 0 atom stereocenters. The Kier molecular flexibility index (Phi) is 12.5. The Labute approximate surface area is 127 Å². The van der Waals surface area contributed by atoms with Crippen molar-refractivity contribution in [3.05, 3.63) is 25.7 Å². The van der Waals surface area contributed by atoms with Crippen LogP contribution in [0.1, 0.15) is 10.4 Å². The van der Waals surface area contributed by atoms with Gasteiger partial charge in [-0.25, -0.2) is 4.79 Å². The number of carboxylic acids is 1. The summed E-state index contributed by atoms with van der Waals surface area (Å²) in [6, 6.07) is 3.21. The molecule has 16 heavy (non-hydrogen) atoms. The Morgan fingerprint density at radius 1 is 1.50 bits per heavy atom. The molecule has 0 fully saturated rings. The van der Waals surface area contributed by atoms with Gasteiger partial charge in [0.05, 0.1) is 17.1 Å². The van der Waals surface area contributed by atoms with E-state index in [2.05, 4.69) is 15.9 Å². The second kappa shape index (κ2) is 9.27.